The number of aliphatic hydroxyl groups is 2. The molecule has 2 rings (SSSR count). The van der Waals surface area contributed by atoms with Crippen molar-refractivity contribution in [1.29, 1.82) is 5.41 Å². The van der Waals surface area contributed by atoms with Crippen LogP contribution in [0.15, 0.2) is 42.1 Å². The molecule has 136 valence electrons. The van der Waals surface area contributed by atoms with Crippen LogP contribution in [-0.2, 0) is 5.79 Å². The molecule has 9 nitrogen and oxygen atoms in total. The van der Waals surface area contributed by atoms with Crippen LogP contribution < -0.4 is 10.5 Å². The summed E-state index contributed by atoms with van der Waals surface area (Å²) in [6.07, 6.45) is 1.46. The second kappa shape index (κ2) is 7.25. The van der Waals surface area contributed by atoms with Gasteiger partial charge in [-0.1, -0.05) is 0 Å². The quantitative estimate of drug-likeness (QED) is 0.262. The van der Waals surface area contributed by atoms with E-state index in [1.807, 2.05) is 0 Å². The predicted molar refractivity (Wildman–Crippen MR) is 90.0 cm³/mol. The molecule has 2 aromatic rings. The number of ether oxygens (including phenoxy) is 1. The molecule has 0 spiro atoms. The van der Waals surface area contributed by atoms with E-state index in [1.54, 1.807) is 0 Å². The van der Waals surface area contributed by atoms with Crippen LogP contribution in [0.5, 0.6) is 5.75 Å². The molecule has 0 amide bonds. The number of non-ortho nitro benzene ring substituents is 1. The summed E-state index contributed by atoms with van der Waals surface area (Å²) in [5.41, 5.74) is 4.03. The van der Waals surface area contributed by atoms with Crippen molar-refractivity contribution in [2.75, 3.05) is 7.11 Å². The van der Waals surface area contributed by atoms with Gasteiger partial charge < -0.3 is 26.1 Å². The van der Waals surface area contributed by atoms with Crippen LogP contribution >= 0.6 is 0 Å². The maximum Gasteiger partial charge on any atom is 0.273 e. The van der Waals surface area contributed by atoms with Crippen molar-refractivity contribution in [3.63, 3.8) is 0 Å². The molecule has 0 aliphatic carbocycles. The number of methoxy groups -OCH3 is 1. The zero-order valence-electron chi connectivity index (χ0n) is 13.5. The predicted octanol–water partition coefficient (Wildman–Crippen LogP) is 1.43. The smallest absolute Gasteiger partial charge is 0.273 e. The van der Waals surface area contributed by atoms with E-state index in [0.29, 0.717) is 6.21 Å². The number of benzene rings is 1. The van der Waals surface area contributed by atoms with Crippen LogP contribution in [0.1, 0.15) is 5.69 Å². The summed E-state index contributed by atoms with van der Waals surface area (Å²) in [5.74, 6) is -3.45. The standard InChI is InChI=1S/C16H15FN4O5/c1-26-13-2-3-14(16(22,23)10(7-18)8-19)20-15(13)9-4-11(17)6-12(5-9)21(24)25/h2-8,18,22-23H,19H2,1H3/b10-8+,18-7?. The second-order valence-corrected chi connectivity index (χ2v) is 5.14. The van der Waals surface area contributed by atoms with Gasteiger partial charge in [0.1, 0.15) is 23.0 Å². The summed E-state index contributed by atoms with van der Waals surface area (Å²) in [6, 6.07) is 5.35. The Morgan fingerprint density at radius 1 is 1.42 bits per heavy atom. The number of hydrogen-bond acceptors (Lipinski definition) is 8. The summed E-state index contributed by atoms with van der Waals surface area (Å²) < 4.78 is 18.9. The minimum absolute atomic E-state index is 0.000619. The number of pyridine rings is 1. The van der Waals surface area contributed by atoms with Crippen LogP contribution in [0.4, 0.5) is 10.1 Å². The van der Waals surface area contributed by atoms with E-state index in [-0.39, 0.29) is 28.3 Å². The van der Waals surface area contributed by atoms with Gasteiger partial charge in [-0.3, -0.25) is 10.1 Å². The Kier molecular flexibility index (Phi) is 5.29. The van der Waals surface area contributed by atoms with Crippen molar-refractivity contribution in [3.05, 3.63) is 63.7 Å². The lowest BCUT2D eigenvalue weighted by atomic mass is 10.0. The van der Waals surface area contributed by atoms with Crippen molar-refractivity contribution in [3.8, 4) is 17.0 Å². The average molecular weight is 362 g/mol. The number of hydrogen-bond donors (Lipinski definition) is 4. The van der Waals surface area contributed by atoms with Gasteiger partial charge in [-0.15, -0.1) is 0 Å². The number of nitrogens with two attached hydrogens (primary N) is 1. The van der Waals surface area contributed by atoms with E-state index in [4.69, 9.17) is 15.9 Å². The molecule has 0 atom stereocenters. The topological polar surface area (TPSA) is 156 Å². The van der Waals surface area contributed by atoms with E-state index >= 15 is 0 Å². The summed E-state index contributed by atoms with van der Waals surface area (Å²) >= 11 is 0. The van der Waals surface area contributed by atoms with Gasteiger partial charge >= 0.3 is 0 Å². The highest BCUT2D eigenvalue weighted by Crippen LogP contribution is 2.34. The largest absolute Gasteiger partial charge is 0.494 e. The monoisotopic (exact) mass is 362 g/mol. The van der Waals surface area contributed by atoms with Crippen LogP contribution in [0.2, 0.25) is 0 Å². The van der Waals surface area contributed by atoms with E-state index in [1.165, 1.54) is 19.2 Å². The highest BCUT2D eigenvalue weighted by atomic mass is 19.1. The molecule has 0 radical (unpaired) electrons. The maximum atomic E-state index is 13.8. The molecule has 0 fully saturated rings. The van der Waals surface area contributed by atoms with Gasteiger partial charge in [0.05, 0.1) is 23.7 Å². The first-order valence-electron chi connectivity index (χ1n) is 7.13. The van der Waals surface area contributed by atoms with Gasteiger partial charge in [-0.05, 0) is 18.2 Å². The molecule has 0 aliphatic heterocycles. The lowest BCUT2D eigenvalue weighted by Crippen LogP contribution is -2.30. The number of nitrogens with zero attached hydrogens (tertiary/aromatic N) is 2. The Hall–Kier alpha value is -3.37. The fourth-order valence-electron chi connectivity index (χ4n) is 2.24. The number of nitro benzene ring substituents is 1. The van der Waals surface area contributed by atoms with Gasteiger partial charge in [0.25, 0.3) is 5.69 Å². The molecule has 1 aromatic heterocycles. The van der Waals surface area contributed by atoms with Crippen molar-refractivity contribution in [1.82, 2.24) is 4.98 Å². The van der Waals surface area contributed by atoms with E-state index in [2.05, 4.69) is 4.98 Å². The minimum atomic E-state index is -2.70. The molecule has 26 heavy (non-hydrogen) atoms. The maximum absolute atomic E-state index is 13.8. The van der Waals surface area contributed by atoms with E-state index in [0.717, 1.165) is 24.4 Å². The molecular formula is C16H15FN4O5. The average Bonchev–Trinajstić information content (AvgIpc) is 2.61. The number of halogens is 1. The zero-order valence-corrected chi connectivity index (χ0v) is 13.5. The van der Waals surface area contributed by atoms with Gasteiger partial charge in [-0.2, -0.15) is 0 Å². The molecule has 0 saturated heterocycles. The van der Waals surface area contributed by atoms with Gasteiger partial charge in [0.2, 0.25) is 5.79 Å². The van der Waals surface area contributed by atoms with Gasteiger partial charge in [-0.25, -0.2) is 9.37 Å². The SMILES string of the molecule is COc1ccc(C(O)(O)/C(C=N)=C/N)nc1-c1cc(F)cc([N+](=O)[O-])c1. The number of nitro groups is 1. The van der Waals surface area contributed by atoms with Crippen molar-refractivity contribution < 1.29 is 24.3 Å². The Morgan fingerprint density at radius 2 is 2.12 bits per heavy atom. The normalized spacial score (nSPS) is 11.9. The molecule has 0 bridgehead atoms. The Morgan fingerprint density at radius 3 is 2.65 bits per heavy atom. The molecule has 5 N–H and O–H groups in total. The third-order valence-corrected chi connectivity index (χ3v) is 3.54. The molecular weight excluding hydrogens is 347 g/mol. The first kappa shape index (κ1) is 19.0. The number of rotatable bonds is 6. The van der Waals surface area contributed by atoms with Crippen molar-refractivity contribution in [2.45, 2.75) is 5.79 Å². The van der Waals surface area contributed by atoms with Crippen LogP contribution in [0, 0.1) is 21.3 Å². The molecule has 1 aromatic carbocycles. The highest BCUT2D eigenvalue weighted by molar-refractivity contribution is 5.78. The summed E-state index contributed by atoms with van der Waals surface area (Å²) in [4.78, 5) is 14.2. The van der Waals surface area contributed by atoms with Crippen LogP contribution in [0.3, 0.4) is 0 Å². The lowest BCUT2D eigenvalue weighted by Gasteiger charge is -2.22. The van der Waals surface area contributed by atoms with Crippen LogP contribution in [-0.4, -0.2) is 33.4 Å². The lowest BCUT2D eigenvalue weighted by molar-refractivity contribution is -0.385. The molecule has 0 aliphatic rings. The first-order valence-corrected chi connectivity index (χ1v) is 7.13. The molecule has 1 heterocycles. The number of nitrogens with one attached hydrogen (secondary N) is 1. The van der Waals surface area contributed by atoms with E-state index in [9.17, 15) is 24.7 Å². The fraction of sp³-hybridized carbons (Fsp3) is 0.125. The second-order valence-electron chi connectivity index (χ2n) is 5.14. The Balaban J connectivity index is 2.70. The minimum Gasteiger partial charge on any atom is -0.494 e. The zero-order chi connectivity index (χ0) is 19.5. The molecule has 0 unspecified atom stereocenters. The Labute approximate surface area is 146 Å². The van der Waals surface area contributed by atoms with Gasteiger partial charge in [0, 0.05) is 24.0 Å². The van der Waals surface area contributed by atoms with Gasteiger partial charge in [0.15, 0.2) is 0 Å². The Bertz CT molecular complexity index is 898. The number of aromatic nitrogens is 1. The van der Waals surface area contributed by atoms with E-state index < -0.39 is 22.2 Å². The summed E-state index contributed by atoms with van der Waals surface area (Å²) in [6.45, 7) is 0. The van der Waals surface area contributed by atoms with Crippen molar-refractivity contribution >= 4 is 11.9 Å². The van der Waals surface area contributed by atoms with Crippen molar-refractivity contribution in [2.24, 2.45) is 5.73 Å². The van der Waals surface area contributed by atoms with Crippen LogP contribution in [0.25, 0.3) is 11.3 Å². The summed E-state index contributed by atoms with van der Waals surface area (Å²) in [7, 11) is 1.31. The fourth-order valence-corrected chi connectivity index (χ4v) is 2.24. The third kappa shape index (κ3) is 3.50. The third-order valence-electron chi connectivity index (χ3n) is 3.54. The molecule has 0 saturated carbocycles. The molecule has 10 heteroatoms. The summed E-state index contributed by atoms with van der Waals surface area (Å²) in [5, 5.41) is 38.6. The first-order chi connectivity index (χ1) is 12.2. The highest BCUT2D eigenvalue weighted by Gasteiger charge is 2.32.